The van der Waals surface area contributed by atoms with Gasteiger partial charge < -0.3 is 10.2 Å². The van der Waals surface area contributed by atoms with Gasteiger partial charge in [-0.3, -0.25) is 0 Å². The second kappa shape index (κ2) is 8.16. The van der Waals surface area contributed by atoms with E-state index < -0.39 is 0 Å². The van der Waals surface area contributed by atoms with Gasteiger partial charge in [0.25, 0.3) is 0 Å². The van der Waals surface area contributed by atoms with E-state index in [-0.39, 0.29) is 0 Å². The summed E-state index contributed by atoms with van der Waals surface area (Å²) in [5.74, 6) is 1.80. The summed E-state index contributed by atoms with van der Waals surface area (Å²) in [5.41, 5.74) is 0. The first-order valence-corrected chi connectivity index (χ1v) is 9.04. The summed E-state index contributed by atoms with van der Waals surface area (Å²) in [6.45, 7) is 11.9. The predicted octanol–water partition coefficient (Wildman–Crippen LogP) is 4.16. The van der Waals surface area contributed by atoms with Gasteiger partial charge in [-0.2, -0.15) is 0 Å². The molecule has 1 fully saturated rings. The SMILES string of the molecule is CC(NCCN1CCCC(C(C)C)CC1)c1cccs1. The topological polar surface area (TPSA) is 15.3 Å². The Bertz CT molecular complexity index is 361. The lowest BCUT2D eigenvalue weighted by Crippen LogP contribution is -2.33. The highest BCUT2D eigenvalue weighted by Gasteiger charge is 2.19. The number of thiophene rings is 1. The van der Waals surface area contributed by atoms with Crippen molar-refractivity contribution in [2.75, 3.05) is 26.2 Å². The smallest absolute Gasteiger partial charge is 0.0386 e. The van der Waals surface area contributed by atoms with Crippen LogP contribution in [0.1, 0.15) is 51.0 Å². The molecule has 2 atom stereocenters. The minimum atomic E-state index is 0.491. The minimum Gasteiger partial charge on any atom is -0.308 e. The molecule has 3 heteroatoms. The Balaban J connectivity index is 1.67. The third-order valence-corrected chi connectivity index (χ3v) is 5.71. The molecule has 20 heavy (non-hydrogen) atoms. The van der Waals surface area contributed by atoms with E-state index in [1.165, 1.54) is 43.8 Å². The fourth-order valence-electron chi connectivity index (χ4n) is 3.15. The second-order valence-corrected chi connectivity index (χ2v) is 7.45. The van der Waals surface area contributed by atoms with Crippen molar-refractivity contribution in [1.29, 1.82) is 0 Å². The monoisotopic (exact) mass is 294 g/mol. The number of rotatable bonds is 6. The van der Waals surface area contributed by atoms with Gasteiger partial charge in [-0.25, -0.2) is 0 Å². The molecule has 2 rings (SSSR count). The van der Waals surface area contributed by atoms with Crippen molar-refractivity contribution in [2.24, 2.45) is 11.8 Å². The van der Waals surface area contributed by atoms with Crippen molar-refractivity contribution in [3.8, 4) is 0 Å². The zero-order chi connectivity index (χ0) is 14.4. The molecule has 1 aliphatic heterocycles. The molecule has 1 saturated heterocycles. The molecule has 0 aromatic carbocycles. The maximum atomic E-state index is 3.66. The van der Waals surface area contributed by atoms with Crippen molar-refractivity contribution < 1.29 is 0 Å². The first kappa shape index (κ1) is 16.0. The van der Waals surface area contributed by atoms with Gasteiger partial charge >= 0.3 is 0 Å². The predicted molar refractivity (Wildman–Crippen MR) is 89.4 cm³/mol. The first-order chi connectivity index (χ1) is 9.66. The van der Waals surface area contributed by atoms with E-state index >= 15 is 0 Å². The normalized spacial score (nSPS) is 22.9. The van der Waals surface area contributed by atoms with Gasteiger partial charge in [0.05, 0.1) is 0 Å². The van der Waals surface area contributed by atoms with E-state index in [9.17, 15) is 0 Å². The molecule has 1 aromatic rings. The Morgan fingerprint density at radius 1 is 1.30 bits per heavy atom. The molecule has 0 bridgehead atoms. The van der Waals surface area contributed by atoms with Crippen LogP contribution < -0.4 is 5.32 Å². The Morgan fingerprint density at radius 2 is 2.15 bits per heavy atom. The van der Waals surface area contributed by atoms with E-state index in [2.05, 4.69) is 48.5 Å². The largest absolute Gasteiger partial charge is 0.308 e. The quantitative estimate of drug-likeness (QED) is 0.847. The van der Waals surface area contributed by atoms with E-state index in [0.29, 0.717) is 6.04 Å². The summed E-state index contributed by atoms with van der Waals surface area (Å²) >= 11 is 1.85. The molecule has 1 N–H and O–H groups in total. The van der Waals surface area contributed by atoms with Crippen LogP contribution in [0.15, 0.2) is 17.5 Å². The van der Waals surface area contributed by atoms with Crippen LogP contribution in [-0.4, -0.2) is 31.1 Å². The van der Waals surface area contributed by atoms with Gasteiger partial charge in [-0.15, -0.1) is 11.3 Å². The standard InChI is InChI=1S/C17H30N2S/c1-14(2)16-6-4-10-19(11-8-16)12-9-18-15(3)17-7-5-13-20-17/h5,7,13-16,18H,4,6,8-12H2,1-3H3. The van der Waals surface area contributed by atoms with Crippen molar-refractivity contribution >= 4 is 11.3 Å². The van der Waals surface area contributed by atoms with Gasteiger partial charge in [0.2, 0.25) is 0 Å². The second-order valence-electron chi connectivity index (χ2n) is 6.47. The Hall–Kier alpha value is -0.380. The molecule has 2 heterocycles. The zero-order valence-electron chi connectivity index (χ0n) is 13.3. The van der Waals surface area contributed by atoms with Crippen molar-refractivity contribution in [3.63, 3.8) is 0 Å². The fourth-order valence-corrected chi connectivity index (χ4v) is 3.91. The van der Waals surface area contributed by atoms with Crippen LogP contribution in [-0.2, 0) is 0 Å². The van der Waals surface area contributed by atoms with Crippen LogP contribution in [0.4, 0.5) is 0 Å². The van der Waals surface area contributed by atoms with E-state index in [1.54, 1.807) is 0 Å². The molecule has 0 radical (unpaired) electrons. The lowest BCUT2D eigenvalue weighted by atomic mass is 9.89. The lowest BCUT2D eigenvalue weighted by Gasteiger charge is -2.22. The molecule has 0 spiro atoms. The Kier molecular flexibility index (Phi) is 6.53. The van der Waals surface area contributed by atoms with Crippen LogP contribution in [0.25, 0.3) is 0 Å². The molecule has 0 aliphatic carbocycles. The summed E-state index contributed by atoms with van der Waals surface area (Å²) in [4.78, 5) is 4.09. The summed E-state index contributed by atoms with van der Waals surface area (Å²) in [7, 11) is 0. The molecule has 114 valence electrons. The average Bonchev–Trinajstić information content (AvgIpc) is 2.85. The fraction of sp³-hybridized carbons (Fsp3) is 0.765. The lowest BCUT2D eigenvalue weighted by molar-refractivity contribution is 0.269. The Labute approximate surface area is 128 Å². The zero-order valence-corrected chi connectivity index (χ0v) is 14.1. The minimum absolute atomic E-state index is 0.491. The number of hydrogen-bond donors (Lipinski definition) is 1. The number of nitrogens with zero attached hydrogens (tertiary/aromatic N) is 1. The van der Waals surface area contributed by atoms with Gasteiger partial charge in [0.1, 0.15) is 0 Å². The van der Waals surface area contributed by atoms with Crippen LogP contribution in [0.5, 0.6) is 0 Å². The third kappa shape index (κ3) is 4.87. The van der Waals surface area contributed by atoms with Gasteiger partial charge in [-0.1, -0.05) is 19.9 Å². The van der Waals surface area contributed by atoms with E-state index in [0.717, 1.165) is 18.4 Å². The highest BCUT2D eigenvalue weighted by atomic mass is 32.1. The van der Waals surface area contributed by atoms with Crippen molar-refractivity contribution in [2.45, 2.75) is 46.1 Å². The van der Waals surface area contributed by atoms with Crippen LogP contribution in [0.2, 0.25) is 0 Å². The summed E-state index contributed by atoms with van der Waals surface area (Å²) in [5, 5.41) is 5.82. The molecule has 2 unspecified atom stereocenters. The van der Waals surface area contributed by atoms with Crippen LogP contribution in [0.3, 0.4) is 0 Å². The maximum absolute atomic E-state index is 3.66. The average molecular weight is 295 g/mol. The first-order valence-electron chi connectivity index (χ1n) is 8.16. The molecule has 2 nitrogen and oxygen atoms in total. The summed E-state index contributed by atoms with van der Waals surface area (Å²) in [6, 6.07) is 4.85. The maximum Gasteiger partial charge on any atom is 0.0386 e. The third-order valence-electron chi connectivity index (χ3n) is 4.66. The number of likely N-dealkylation sites (tertiary alicyclic amines) is 1. The van der Waals surface area contributed by atoms with Gasteiger partial charge in [0, 0.05) is 24.0 Å². The molecular weight excluding hydrogens is 264 g/mol. The molecule has 1 aromatic heterocycles. The van der Waals surface area contributed by atoms with Gasteiger partial charge in [-0.05, 0) is 62.6 Å². The van der Waals surface area contributed by atoms with Gasteiger partial charge in [0.15, 0.2) is 0 Å². The highest BCUT2D eigenvalue weighted by Crippen LogP contribution is 2.24. The van der Waals surface area contributed by atoms with E-state index in [4.69, 9.17) is 0 Å². The summed E-state index contributed by atoms with van der Waals surface area (Å²) < 4.78 is 0. The Morgan fingerprint density at radius 3 is 2.85 bits per heavy atom. The number of nitrogens with one attached hydrogen (secondary N) is 1. The van der Waals surface area contributed by atoms with E-state index in [1.807, 2.05) is 11.3 Å². The molecule has 0 amide bonds. The molecule has 1 aliphatic rings. The molecular formula is C17H30N2S. The number of hydrogen-bond acceptors (Lipinski definition) is 3. The van der Waals surface area contributed by atoms with Crippen LogP contribution in [0, 0.1) is 11.8 Å². The van der Waals surface area contributed by atoms with Crippen molar-refractivity contribution in [1.82, 2.24) is 10.2 Å². The highest BCUT2D eigenvalue weighted by molar-refractivity contribution is 7.10. The van der Waals surface area contributed by atoms with Crippen LogP contribution >= 0.6 is 11.3 Å². The summed E-state index contributed by atoms with van der Waals surface area (Å²) in [6.07, 6.45) is 4.19. The van der Waals surface area contributed by atoms with Crippen molar-refractivity contribution in [3.05, 3.63) is 22.4 Å². The molecule has 0 saturated carbocycles.